The molecule has 0 radical (unpaired) electrons. The fourth-order valence-electron chi connectivity index (χ4n) is 11.1. The minimum atomic E-state index is -0.441. The van der Waals surface area contributed by atoms with E-state index in [4.69, 9.17) is 0 Å². The number of anilines is 3. The molecule has 0 unspecified atom stereocenters. The van der Waals surface area contributed by atoms with Crippen molar-refractivity contribution < 1.29 is 0 Å². The first kappa shape index (κ1) is 36.4. The van der Waals surface area contributed by atoms with Crippen LogP contribution in [0.4, 0.5) is 17.1 Å². The van der Waals surface area contributed by atoms with E-state index < -0.39 is 5.41 Å². The van der Waals surface area contributed by atoms with Gasteiger partial charge >= 0.3 is 0 Å². The van der Waals surface area contributed by atoms with Gasteiger partial charge in [-0.15, -0.1) is 0 Å². The van der Waals surface area contributed by atoms with Crippen LogP contribution in [0.15, 0.2) is 249 Å². The van der Waals surface area contributed by atoms with E-state index in [-0.39, 0.29) is 0 Å². The van der Waals surface area contributed by atoms with Gasteiger partial charge in [0.25, 0.3) is 0 Å². The van der Waals surface area contributed by atoms with Gasteiger partial charge in [-0.3, -0.25) is 0 Å². The Balaban J connectivity index is 0.981. The van der Waals surface area contributed by atoms with Crippen molar-refractivity contribution in [3.63, 3.8) is 0 Å². The molecule has 2 aliphatic rings. The van der Waals surface area contributed by atoms with Crippen molar-refractivity contribution in [1.82, 2.24) is 0 Å². The third-order valence-electron chi connectivity index (χ3n) is 13.9. The summed E-state index contributed by atoms with van der Waals surface area (Å²) in [5.41, 5.74) is 20.8. The summed E-state index contributed by atoms with van der Waals surface area (Å²) in [6, 6.07) is 92.0. The highest BCUT2D eigenvalue weighted by molar-refractivity contribution is 6.14. The van der Waals surface area contributed by atoms with Crippen LogP contribution in [-0.2, 0) is 5.41 Å². The molecule has 1 heteroatoms. The molecule has 11 aromatic rings. The normalized spacial score (nSPS) is 12.8. The van der Waals surface area contributed by atoms with Crippen LogP contribution >= 0.6 is 0 Å². The molecule has 298 valence electrons. The molecule has 0 aromatic heterocycles. The van der Waals surface area contributed by atoms with E-state index in [0.29, 0.717) is 0 Å². The highest BCUT2D eigenvalue weighted by Gasteiger charge is 2.51. The molecule has 64 heavy (non-hydrogen) atoms. The average molecular weight is 812 g/mol. The number of rotatable bonds is 6. The molecule has 0 bridgehead atoms. The Bertz CT molecular complexity index is 3540. The third kappa shape index (κ3) is 5.38. The first-order valence-electron chi connectivity index (χ1n) is 22.3. The van der Waals surface area contributed by atoms with Crippen LogP contribution in [0.1, 0.15) is 22.3 Å². The van der Waals surface area contributed by atoms with Crippen molar-refractivity contribution in [1.29, 1.82) is 0 Å². The monoisotopic (exact) mass is 811 g/mol. The molecular weight excluding hydrogens is 771 g/mol. The molecule has 1 spiro atoms. The van der Waals surface area contributed by atoms with E-state index in [2.05, 4.69) is 254 Å². The van der Waals surface area contributed by atoms with Crippen LogP contribution in [0.2, 0.25) is 0 Å². The molecule has 0 heterocycles. The maximum Gasteiger partial charge on any atom is 0.0726 e. The van der Waals surface area contributed by atoms with E-state index >= 15 is 0 Å². The van der Waals surface area contributed by atoms with Gasteiger partial charge in [-0.2, -0.15) is 0 Å². The summed E-state index contributed by atoms with van der Waals surface area (Å²) >= 11 is 0. The topological polar surface area (TPSA) is 3.24 Å². The van der Waals surface area contributed by atoms with Gasteiger partial charge in [-0.25, -0.2) is 0 Å². The minimum absolute atomic E-state index is 0.441. The maximum atomic E-state index is 2.50. The Labute approximate surface area is 373 Å². The zero-order valence-electron chi connectivity index (χ0n) is 35.1. The van der Waals surface area contributed by atoms with Crippen LogP contribution in [0, 0.1) is 0 Å². The first-order chi connectivity index (χ1) is 31.8. The summed E-state index contributed by atoms with van der Waals surface area (Å²) in [6.07, 6.45) is 0. The molecule has 0 fully saturated rings. The van der Waals surface area contributed by atoms with Crippen LogP contribution in [-0.4, -0.2) is 0 Å². The smallest absolute Gasteiger partial charge is 0.0726 e. The van der Waals surface area contributed by atoms with Gasteiger partial charge in [0.2, 0.25) is 0 Å². The summed E-state index contributed by atoms with van der Waals surface area (Å²) < 4.78 is 0. The molecule has 0 saturated carbocycles. The zero-order valence-corrected chi connectivity index (χ0v) is 35.1. The summed E-state index contributed by atoms with van der Waals surface area (Å²) in [4.78, 5) is 2.49. The second kappa shape index (κ2) is 14.4. The zero-order chi connectivity index (χ0) is 42.2. The predicted molar refractivity (Wildman–Crippen MR) is 269 cm³/mol. The van der Waals surface area contributed by atoms with E-state index in [9.17, 15) is 0 Å². The van der Waals surface area contributed by atoms with E-state index in [1.165, 1.54) is 99.4 Å². The molecule has 13 rings (SSSR count). The van der Waals surface area contributed by atoms with E-state index in [1.54, 1.807) is 0 Å². The van der Waals surface area contributed by atoms with Crippen molar-refractivity contribution in [3.8, 4) is 55.6 Å². The quantitative estimate of drug-likeness (QED) is 0.151. The standard InChI is InChI=1S/C63H41N/c1-2-16-44(17-3-1)49-19-6-7-20-50(49)45-32-30-42(31-33-45)43-34-36-47(37-35-43)64(62-40-46-18-4-5-21-51(46)52-22-8-9-26-57(52)62)48-38-39-56-55-25-12-15-29-60(55)63(61(56)41-48)58-27-13-10-23-53(58)54-24-11-14-28-59(54)63/h1-41H. The maximum absolute atomic E-state index is 2.50. The molecule has 0 N–H and O–H groups in total. The molecule has 0 amide bonds. The van der Waals surface area contributed by atoms with Gasteiger partial charge in [0.05, 0.1) is 11.1 Å². The molecule has 1 nitrogen and oxygen atoms in total. The average Bonchev–Trinajstić information content (AvgIpc) is 3.84. The van der Waals surface area contributed by atoms with E-state index in [1.807, 2.05) is 0 Å². The number of hydrogen-bond donors (Lipinski definition) is 0. The van der Waals surface area contributed by atoms with Crippen molar-refractivity contribution >= 4 is 38.6 Å². The SMILES string of the molecule is c1ccc(-c2ccccc2-c2ccc(-c3ccc(N(c4ccc5c(c4)C4(c6ccccc6-c6ccccc64)c4ccccc4-5)c4cc5ccccc5c5ccccc45)cc3)cc2)cc1. The van der Waals surface area contributed by atoms with Crippen LogP contribution < -0.4 is 4.90 Å². The molecular formula is C63H41N. The Kier molecular flexibility index (Phi) is 8.20. The second-order valence-electron chi connectivity index (χ2n) is 17.2. The lowest BCUT2D eigenvalue weighted by Crippen LogP contribution is -2.26. The van der Waals surface area contributed by atoms with Gasteiger partial charge in [0.1, 0.15) is 0 Å². The van der Waals surface area contributed by atoms with E-state index in [0.717, 1.165) is 17.1 Å². The largest absolute Gasteiger partial charge is 0.310 e. The van der Waals surface area contributed by atoms with Gasteiger partial charge in [0.15, 0.2) is 0 Å². The third-order valence-corrected chi connectivity index (χ3v) is 13.9. The molecule has 0 atom stereocenters. The predicted octanol–water partition coefficient (Wildman–Crippen LogP) is 16.8. The Hall–Kier alpha value is -8.26. The highest BCUT2D eigenvalue weighted by Crippen LogP contribution is 2.63. The van der Waals surface area contributed by atoms with Crippen LogP contribution in [0.5, 0.6) is 0 Å². The van der Waals surface area contributed by atoms with Crippen LogP contribution in [0.3, 0.4) is 0 Å². The number of benzene rings is 11. The fourth-order valence-corrected chi connectivity index (χ4v) is 11.1. The number of fused-ring (bicyclic) bond motifs is 13. The lowest BCUT2D eigenvalue weighted by Gasteiger charge is -2.32. The van der Waals surface area contributed by atoms with Crippen molar-refractivity contribution in [2.75, 3.05) is 4.90 Å². The first-order valence-corrected chi connectivity index (χ1v) is 22.3. The lowest BCUT2D eigenvalue weighted by molar-refractivity contribution is 0.793. The Morgan fingerprint density at radius 2 is 0.672 bits per heavy atom. The van der Waals surface area contributed by atoms with Crippen molar-refractivity contribution in [2.24, 2.45) is 0 Å². The van der Waals surface area contributed by atoms with Crippen molar-refractivity contribution in [3.05, 3.63) is 271 Å². The van der Waals surface area contributed by atoms with Crippen molar-refractivity contribution in [2.45, 2.75) is 5.41 Å². The van der Waals surface area contributed by atoms with Crippen LogP contribution in [0.25, 0.3) is 77.2 Å². The number of hydrogen-bond acceptors (Lipinski definition) is 1. The summed E-state index contributed by atoms with van der Waals surface area (Å²) in [5.74, 6) is 0. The summed E-state index contributed by atoms with van der Waals surface area (Å²) in [7, 11) is 0. The highest BCUT2D eigenvalue weighted by atomic mass is 15.1. The van der Waals surface area contributed by atoms with Gasteiger partial charge in [-0.1, -0.05) is 218 Å². The minimum Gasteiger partial charge on any atom is -0.310 e. The van der Waals surface area contributed by atoms with Gasteiger partial charge < -0.3 is 4.90 Å². The van der Waals surface area contributed by atoms with Gasteiger partial charge in [-0.05, 0) is 124 Å². The number of nitrogens with zero attached hydrogens (tertiary/aromatic N) is 1. The Morgan fingerprint density at radius 3 is 1.28 bits per heavy atom. The summed E-state index contributed by atoms with van der Waals surface area (Å²) in [6.45, 7) is 0. The molecule has 11 aromatic carbocycles. The Morgan fingerprint density at radius 1 is 0.250 bits per heavy atom. The second-order valence-corrected chi connectivity index (χ2v) is 17.2. The molecule has 0 saturated heterocycles. The fraction of sp³-hybridized carbons (Fsp3) is 0.0159. The molecule has 0 aliphatic heterocycles. The molecule has 2 aliphatic carbocycles. The van der Waals surface area contributed by atoms with Gasteiger partial charge in [0, 0.05) is 16.8 Å². The lowest BCUT2D eigenvalue weighted by atomic mass is 9.70. The summed E-state index contributed by atoms with van der Waals surface area (Å²) in [5, 5.41) is 4.94.